The second kappa shape index (κ2) is 5.41. The lowest BCUT2D eigenvalue weighted by atomic mass is 10.2. The second-order valence-corrected chi connectivity index (χ2v) is 4.30. The highest BCUT2D eigenvalue weighted by molar-refractivity contribution is 5.62. The summed E-state index contributed by atoms with van der Waals surface area (Å²) >= 11 is 0. The third-order valence-corrected chi connectivity index (χ3v) is 2.93. The number of nitrogens with zero attached hydrogens (tertiary/aromatic N) is 4. The Morgan fingerprint density at radius 2 is 1.76 bits per heavy atom. The number of hydrogen-bond acceptors (Lipinski definition) is 4. The molecule has 0 radical (unpaired) electrons. The van der Waals surface area contributed by atoms with Crippen LogP contribution in [0.2, 0.25) is 0 Å². The molecule has 0 aliphatic rings. The Hall–Kier alpha value is -3.22. The molecule has 0 aliphatic heterocycles. The van der Waals surface area contributed by atoms with Crippen LogP contribution in [0.4, 0.5) is 5.69 Å². The predicted molar refractivity (Wildman–Crippen MR) is 77.4 cm³/mol. The van der Waals surface area contributed by atoms with E-state index >= 15 is 0 Å². The van der Waals surface area contributed by atoms with Gasteiger partial charge < -0.3 is 0 Å². The quantitative estimate of drug-likeness (QED) is 0.586. The lowest BCUT2D eigenvalue weighted by Gasteiger charge is -2.05. The summed E-state index contributed by atoms with van der Waals surface area (Å²) in [7, 11) is 0. The van der Waals surface area contributed by atoms with Crippen molar-refractivity contribution < 1.29 is 5.03 Å². The van der Waals surface area contributed by atoms with Gasteiger partial charge in [0.15, 0.2) is 5.03 Å². The minimum Gasteiger partial charge on any atom is -0.235 e. The molecule has 0 fully saturated rings. The first kappa shape index (κ1) is 12.8. The van der Waals surface area contributed by atoms with Gasteiger partial charge in [0.25, 0.3) is 0 Å². The van der Waals surface area contributed by atoms with E-state index in [-0.39, 0.29) is 0 Å². The van der Waals surface area contributed by atoms with E-state index in [1.165, 1.54) is 4.68 Å². The van der Waals surface area contributed by atoms with Crippen LogP contribution in [0.3, 0.4) is 0 Å². The molecule has 7 heteroatoms. The van der Waals surface area contributed by atoms with Crippen molar-refractivity contribution in [3.63, 3.8) is 0 Å². The number of rotatable bonds is 4. The summed E-state index contributed by atoms with van der Waals surface area (Å²) in [5, 5.41) is 18.2. The van der Waals surface area contributed by atoms with Crippen molar-refractivity contribution in [3.8, 4) is 16.9 Å². The van der Waals surface area contributed by atoms with Crippen molar-refractivity contribution in [1.29, 1.82) is 0 Å². The first-order valence-electron chi connectivity index (χ1n) is 6.22. The van der Waals surface area contributed by atoms with Crippen LogP contribution in [0.5, 0.6) is 0 Å². The normalized spacial score (nSPS) is 10.3. The smallest absolute Gasteiger partial charge is 0.162 e. The van der Waals surface area contributed by atoms with Crippen molar-refractivity contribution in [1.82, 2.24) is 15.0 Å². The zero-order valence-electron chi connectivity index (χ0n) is 10.9. The summed E-state index contributed by atoms with van der Waals surface area (Å²) in [4.78, 5) is 10.6. The summed E-state index contributed by atoms with van der Waals surface area (Å²) < 4.78 is 1.51. The van der Waals surface area contributed by atoms with E-state index in [1.807, 2.05) is 30.3 Å². The van der Waals surface area contributed by atoms with Crippen molar-refractivity contribution in [2.75, 3.05) is 5.43 Å². The van der Waals surface area contributed by atoms with Crippen molar-refractivity contribution in [2.24, 2.45) is 0 Å². The molecule has 0 saturated carbocycles. The molecule has 2 aromatic carbocycles. The topological polar surface area (TPSA) is 85.9 Å². The van der Waals surface area contributed by atoms with Crippen LogP contribution in [-0.2, 0) is 0 Å². The standard InChI is InChI=1S/C14H11N5O2/c20-19(21)16-12-8-4-5-9-14(12)18-10-13(15-17-18)11-6-2-1-3-7-11/h1-10,16H. The van der Waals surface area contributed by atoms with Gasteiger partial charge in [0, 0.05) is 5.56 Å². The molecule has 0 saturated heterocycles. The molecule has 0 amide bonds. The molecule has 1 heterocycles. The number of anilines is 1. The van der Waals surface area contributed by atoms with Gasteiger partial charge in [-0.1, -0.05) is 47.7 Å². The highest BCUT2D eigenvalue weighted by Gasteiger charge is 2.11. The fourth-order valence-electron chi connectivity index (χ4n) is 1.99. The zero-order chi connectivity index (χ0) is 14.7. The maximum absolute atomic E-state index is 10.6. The maximum Gasteiger partial charge on any atom is 0.162 e. The van der Waals surface area contributed by atoms with Crippen molar-refractivity contribution in [3.05, 3.63) is 70.9 Å². The average Bonchev–Trinajstić information content (AvgIpc) is 2.98. The van der Waals surface area contributed by atoms with E-state index in [9.17, 15) is 10.1 Å². The van der Waals surface area contributed by atoms with E-state index in [2.05, 4.69) is 15.7 Å². The molecule has 1 N–H and O–H groups in total. The fourth-order valence-corrected chi connectivity index (χ4v) is 1.99. The largest absolute Gasteiger partial charge is 0.235 e. The SMILES string of the molecule is O=[N+]([O-])Nc1ccccc1-n1cc(-c2ccccc2)nn1. The molecule has 0 spiro atoms. The van der Waals surface area contributed by atoms with Crippen molar-refractivity contribution >= 4 is 5.69 Å². The Morgan fingerprint density at radius 1 is 1.05 bits per heavy atom. The number of benzene rings is 2. The van der Waals surface area contributed by atoms with Gasteiger partial charge in [-0.3, -0.25) is 0 Å². The van der Waals surface area contributed by atoms with Crippen LogP contribution in [0.25, 0.3) is 16.9 Å². The average molecular weight is 281 g/mol. The predicted octanol–water partition coefficient (Wildman–Crippen LogP) is 2.54. The van der Waals surface area contributed by atoms with Gasteiger partial charge >= 0.3 is 0 Å². The van der Waals surface area contributed by atoms with Gasteiger partial charge in [-0.15, -0.1) is 10.5 Å². The summed E-state index contributed by atoms with van der Waals surface area (Å²) in [5.41, 5.74) is 4.70. The van der Waals surface area contributed by atoms with E-state index < -0.39 is 5.03 Å². The van der Waals surface area contributed by atoms with Gasteiger partial charge in [0.1, 0.15) is 11.4 Å². The molecule has 0 unspecified atom stereocenters. The number of aromatic nitrogens is 3. The van der Waals surface area contributed by atoms with Crippen LogP contribution in [0.1, 0.15) is 0 Å². The maximum atomic E-state index is 10.6. The fraction of sp³-hybridized carbons (Fsp3) is 0. The first-order valence-corrected chi connectivity index (χ1v) is 6.22. The van der Waals surface area contributed by atoms with Gasteiger partial charge in [0.2, 0.25) is 0 Å². The van der Waals surface area contributed by atoms with Gasteiger partial charge in [-0.25, -0.2) is 14.8 Å². The summed E-state index contributed by atoms with van der Waals surface area (Å²) in [6.45, 7) is 0. The molecular weight excluding hydrogens is 270 g/mol. The van der Waals surface area contributed by atoms with Crippen molar-refractivity contribution in [2.45, 2.75) is 0 Å². The van der Waals surface area contributed by atoms with Crippen LogP contribution < -0.4 is 5.43 Å². The van der Waals surface area contributed by atoms with Gasteiger partial charge in [-0.05, 0) is 12.1 Å². The molecule has 7 nitrogen and oxygen atoms in total. The zero-order valence-corrected chi connectivity index (χ0v) is 10.9. The Labute approximate surface area is 120 Å². The minimum atomic E-state index is -0.603. The first-order chi connectivity index (χ1) is 10.2. The van der Waals surface area contributed by atoms with Crippen LogP contribution in [0.15, 0.2) is 60.8 Å². The summed E-state index contributed by atoms with van der Waals surface area (Å²) in [5.74, 6) is 0. The number of hydrazine groups is 1. The third-order valence-electron chi connectivity index (χ3n) is 2.93. The number of nitrogens with one attached hydrogen (secondary N) is 1. The Balaban J connectivity index is 1.99. The Kier molecular flexibility index (Phi) is 3.30. The highest BCUT2D eigenvalue weighted by Crippen LogP contribution is 2.22. The van der Waals surface area contributed by atoms with Crippen LogP contribution in [-0.4, -0.2) is 20.0 Å². The summed E-state index contributed by atoms with van der Waals surface area (Å²) in [6.07, 6.45) is 1.73. The molecule has 0 aliphatic carbocycles. The third kappa shape index (κ3) is 2.71. The lowest BCUT2D eigenvalue weighted by Crippen LogP contribution is -2.10. The van der Waals surface area contributed by atoms with Gasteiger partial charge in [-0.2, -0.15) is 0 Å². The van der Waals surface area contributed by atoms with Crippen LogP contribution in [0, 0.1) is 10.1 Å². The second-order valence-electron chi connectivity index (χ2n) is 4.30. The minimum absolute atomic E-state index is 0.354. The molecule has 1 aromatic heterocycles. The number of hydrogen-bond donors (Lipinski definition) is 1. The lowest BCUT2D eigenvalue weighted by molar-refractivity contribution is -0.445. The number of para-hydroxylation sites is 2. The van der Waals surface area contributed by atoms with E-state index in [1.54, 1.807) is 30.5 Å². The Bertz CT molecular complexity index is 770. The molecule has 0 atom stereocenters. The van der Waals surface area contributed by atoms with E-state index in [0.717, 1.165) is 5.56 Å². The molecule has 104 valence electrons. The molecular formula is C14H11N5O2. The van der Waals surface area contributed by atoms with E-state index in [4.69, 9.17) is 0 Å². The molecule has 21 heavy (non-hydrogen) atoms. The molecule has 3 rings (SSSR count). The summed E-state index contributed by atoms with van der Waals surface area (Å²) in [6, 6.07) is 16.4. The number of nitro groups is 1. The van der Waals surface area contributed by atoms with Gasteiger partial charge in [0.05, 0.1) is 11.9 Å². The molecule has 3 aromatic rings. The van der Waals surface area contributed by atoms with E-state index in [0.29, 0.717) is 17.1 Å². The highest BCUT2D eigenvalue weighted by atomic mass is 16.7. The molecule has 0 bridgehead atoms. The Morgan fingerprint density at radius 3 is 2.52 bits per heavy atom. The van der Waals surface area contributed by atoms with Crippen LogP contribution >= 0.6 is 0 Å². The monoisotopic (exact) mass is 281 g/mol.